The van der Waals surface area contributed by atoms with Crippen LogP contribution in [-0.4, -0.2) is 27.1 Å². The van der Waals surface area contributed by atoms with Crippen molar-refractivity contribution in [1.29, 1.82) is 0 Å². The second kappa shape index (κ2) is 9.05. The fraction of sp³-hybridized carbons (Fsp3) is 0.136. The minimum Gasteiger partial charge on any atom is -0.354 e. The molecule has 9 heteroatoms. The summed E-state index contributed by atoms with van der Waals surface area (Å²) in [6, 6.07) is 17.1. The van der Waals surface area contributed by atoms with Crippen LogP contribution in [0, 0.1) is 6.92 Å². The van der Waals surface area contributed by atoms with E-state index in [-0.39, 0.29) is 6.54 Å². The third-order valence-electron chi connectivity index (χ3n) is 4.57. The number of amides is 1. The third-order valence-corrected chi connectivity index (χ3v) is 5.07. The molecule has 2 aromatic carbocycles. The van der Waals surface area contributed by atoms with Crippen LogP contribution in [0.3, 0.4) is 0 Å². The van der Waals surface area contributed by atoms with Crippen molar-refractivity contribution in [2.24, 2.45) is 5.10 Å². The van der Waals surface area contributed by atoms with Gasteiger partial charge in [0, 0.05) is 10.9 Å². The summed E-state index contributed by atoms with van der Waals surface area (Å²) in [6.45, 7) is 1.41. The molecule has 31 heavy (non-hydrogen) atoms. The average Bonchev–Trinajstić information content (AvgIpc) is 3.14. The Hall–Kier alpha value is -3.59. The molecule has 2 aromatic heterocycles. The van der Waals surface area contributed by atoms with Crippen molar-refractivity contribution in [2.75, 3.05) is 0 Å². The van der Waals surface area contributed by atoms with Gasteiger partial charge in [0.25, 0.3) is 11.5 Å². The fourth-order valence-electron chi connectivity index (χ4n) is 3.13. The van der Waals surface area contributed by atoms with Gasteiger partial charge in [-0.15, -0.1) is 0 Å². The van der Waals surface area contributed by atoms with Gasteiger partial charge in [0.05, 0.1) is 11.9 Å². The van der Waals surface area contributed by atoms with Crippen LogP contribution in [0.2, 0.25) is 0 Å². The van der Waals surface area contributed by atoms with E-state index in [1.165, 1.54) is 6.21 Å². The zero-order valence-corrected chi connectivity index (χ0v) is 18.2. The van der Waals surface area contributed by atoms with E-state index >= 15 is 0 Å². The van der Waals surface area contributed by atoms with Crippen molar-refractivity contribution in [1.82, 2.24) is 20.4 Å². The van der Waals surface area contributed by atoms with Gasteiger partial charge in [-0.3, -0.25) is 9.59 Å². The number of carbonyl (C=O) groups is 1. The molecule has 0 bridgehead atoms. The predicted octanol–water partition coefficient (Wildman–Crippen LogP) is 3.20. The van der Waals surface area contributed by atoms with Crippen molar-refractivity contribution in [2.45, 2.75) is 19.9 Å². The van der Waals surface area contributed by atoms with Crippen molar-refractivity contribution in [3.05, 3.63) is 91.9 Å². The lowest BCUT2D eigenvalue weighted by Gasteiger charge is -2.07. The van der Waals surface area contributed by atoms with Crippen molar-refractivity contribution >= 4 is 39.0 Å². The molecule has 0 fully saturated rings. The quantitative estimate of drug-likeness (QED) is 0.337. The van der Waals surface area contributed by atoms with Crippen LogP contribution in [0.15, 0.2) is 73.5 Å². The molecular weight excluding hydrogens is 462 g/mol. The Balaban J connectivity index is 1.58. The van der Waals surface area contributed by atoms with E-state index in [1.54, 1.807) is 6.92 Å². The summed E-state index contributed by atoms with van der Waals surface area (Å²) < 4.78 is 7.39. The molecule has 0 saturated heterocycles. The van der Waals surface area contributed by atoms with Crippen molar-refractivity contribution in [3.63, 3.8) is 0 Å². The molecule has 0 unspecified atom stereocenters. The summed E-state index contributed by atoms with van der Waals surface area (Å²) in [5.74, 6) is -0.472. The molecule has 8 nitrogen and oxygen atoms in total. The molecule has 0 aliphatic heterocycles. The molecule has 2 heterocycles. The Labute approximate surface area is 185 Å². The number of hydrogen-bond acceptors (Lipinski definition) is 6. The van der Waals surface area contributed by atoms with Gasteiger partial charge in [-0.1, -0.05) is 63.6 Å². The number of rotatable bonds is 6. The van der Waals surface area contributed by atoms with Gasteiger partial charge >= 0.3 is 0 Å². The van der Waals surface area contributed by atoms with E-state index in [4.69, 9.17) is 4.52 Å². The molecule has 0 spiro atoms. The van der Waals surface area contributed by atoms with Crippen LogP contribution in [0.4, 0.5) is 0 Å². The lowest BCUT2D eigenvalue weighted by atomic mass is 10.1. The van der Waals surface area contributed by atoms with Gasteiger partial charge in [-0.05, 0) is 30.2 Å². The van der Waals surface area contributed by atoms with Crippen molar-refractivity contribution < 1.29 is 9.32 Å². The first-order valence-electron chi connectivity index (χ1n) is 9.48. The number of fused-ring (bicyclic) bond motifs is 1. The highest BCUT2D eigenvalue weighted by Gasteiger charge is 2.19. The fourth-order valence-corrected chi connectivity index (χ4v) is 3.55. The van der Waals surface area contributed by atoms with E-state index < -0.39 is 11.5 Å². The maximum absolute atomic E-state index is 12.9. The number of hydrogen-bond donors (Lipinski definition) is 1. The second-order valence-corrected chi connectivity index (χ2v) is 7.81. The van der Waals surface area contributed by atoms with E-state index in [1.807, 2.05) is 54.6 Å². The summed E-state index contributed by atoms with van der Waals surface area (Å²) in [6.07, 6.45) is 1.96. The third kappa shape index (κ3) is 4.77. The average molecular weight is 480 g/mol. The molecule has 0 atom stereocenters. The topological polar surface area (TPSA) is 102 Å². The maximum atomic E-state index is 12.9. The standard InChI is InChI=1S/C22H18BrN5O3/c1-14-20-21(31-27-14)18(11-15-6-3-2-4-7-15)26-28(22(20)30)13-19(29)25-24-12-16-8-5-9-17(23)10-16/h2-10,12H,11,13H2,1H3,(H,25,29)/b24-12+. The molecule has 0 aliphatic rings. The molecule has 1 N–H and O–H groups in total. The molecule has 4 rings (SSSR count). The molecule has 0 radical (unpaired) electrons. The minimum atomic E-state index is -0.472. The first kappa shape index (κ1) is 20.7. The molecular formula is C22H18BrN5O3. The number of benzene rings is 2. The number of aromatic nitrogens is 3. The zero-order valence-electron chi connectivity index (χ0n) is 16.6. The second-order valence-electron chi connectivity index (χ2n) is 6.89. The Morgan fingerprint density at radius 2 is 2.03 bits per heavy atom. The Morgan fingerprint density at radius 3 is 2.81 bits per heavy atom. The number of halogens is 1. The number of carbonyl (C=O) groups excluding carboxylic acids is 1. The maximum Gasteiger partial charge on any atom is 0.280 e. The lowest BCUT2D eigenvalue weighted by molar-refractivity contribution is -0.121. The summed E-state index contributed by atoms with van der Waals surface area (Å²) >= 11 is 3.38. The summed E-state index contributed by atoms with van der Waals surface area (Å²) in [4.78, 5) is 25.2. The summed E-state index contributed by atoms with van der Waals surface area (Å²) in [5.41, 5.74) is 5.14. The monoisotopic (exact) mass is 479 g/mol. The van der Waals surface area contributed by atoms with Gasteiger partial charge in [-0.25, -0.2) is 10.1 Å². The van der Waals surface area contributed by atoms with Gasteiger partial charge in [0.1, 0.15) is 17.6 Å². The Kier molecular flexibility index (Phi) is 6.03. The number of aryl methyl sites for hydroxylation is 1. The first-order chi connectivity index (χ1) is 15.0. The normalized spacial score (nSPS) is 11.3. The molecule has 0 aliphatic carbocycles. The minimum absolute atomic E-state index is 0.281. The van der Waals surface area contributed by atoms with Crippen LogP contribution in [0.1, 0.15) is 22.5 Å². The molecule has 156 valence electrons. The number of hydrazone groups is 1. The van der Waals surface area contributed by atoms with Crippen molar-refractivity contribution in [3.8, 4) is 0 Å². The number of nitrogens with zero attached hydrogens (tertiary/aromatic N) is 4. The Bertz CT molecular complexity index is 1330. The van der Waals surface area contributed by atoms with Crippen LogP contribution in [0.5, 0.6) is 0 Å². The highest BCUT2D eigenvalue weighted by molar-refractivity contribution is 9.10. The van der Waals surface area contributed by atoms with E-state index in [9.17, 15) is 9.59 Å². The summed E-state index contributed by atoms with van der Waals surface area (Å²) in [7, 11) is 0. The van der Waals surface area contributed by atoms with Gasteiger partial charge in [0.15, 0.2) is 5.58 Å². The van der Waals surface area contributed by atoms with E-state index in [2.05, 4.69) is 36.7 Å². The Morgan fingerprint density at radius 1 is 1.23 bits per heavy atom. The molecule has 1 amide bonds. The van der Waals surface area contributed by atoms with Gasteiger partial charge < -0.3 is 4.52 Å². The van der Waals surface area contributed by atoms with Gasteiger partial charge in [-0.2, -0.15) is 10.2 Å². The van der Waals surface area contributed by atoms with E-state index in [0.29, 0.717) is 28.8 Å². The lowest BCUT2D eigenvalue weighted by Crippen LogP contribution is -2.32. The highest BCUT2D eigenvalue weighted by Crippen LogP contribution is 2.19. The van der Waals surface area contributed by atoms with Crippen LogP contribution < -0.4 is 11.0 Å². The first-order valence-corrected chi connectivity index (χ1v) is 10.3. The largest absolute Gasteiger partial charge is 0.354 e. The van der Waals surface area contributed by atoms with Crippen LogP contribution in [-0.2, 0) is 17.8 Å². The smallest absolute Gasteiger partial charge is 0.280 e. The molecule has 4 aromatic rings. The SMILES string of the molecule is Cc1noc2c(Cc3ccccc3)nn(CC(=O)N/N=C/c3cccc(Br)c3)c(=O)c12. The zero-order chi connectivity index (χ0) is 21.8. The summed E-state index contributed by atoms with van der Waals surface area (Å²) in [5, 5.41) is 12.6. The number of nitrogens with one attached hydrogen (secondary N) is 1. The molecule has 0 saturated carbocycles. The van der Waals surface area contributed by atoms with E-state index in [0.717, 1.165) is 20.3 Å². The van der Waals surface area contributed by atoms with Gasteiger partial charge in [0.2, 0.25) is 0 Å². The predicted molar refractivity (Wildman–Crippen MR) is 120 cm³/mol. The highest BCUT2D eigenvalue weighted by atomic mass is 79.9. The van der Waals surface area contributed by atoms with Crippen LogP contribution in [0.25, 0.3) is 11.0 Å². The van der Waals surface area contributed by atoms with Crippen LogP contribution >= 0.6 is 15.9 Å².